The lowest BCUT2D eigenvalue weighted by atomic mass is 10.2. The fourth-order valence-corrected chi connectivity index (χ4v) is 2.80. The van der Waals surface area contributed by atoms with Gasteiger partial charge in [-0.15, -0.1) is 0 Å². The molecular weight excluding hydrogens is 316 g/mol. The van der Waals surface area contributed by atoms with Crippen LogP contribution in [-0.4, -0.2) is 26.3 Å². The van der Waals surface area contributed by atoms with Crippen LogP contribution in [0.25, 0.3) is 10.9 Å². The van der Waals surface area contributed by atoms with Crippen LogP contribution in [0.3, 0.4) is 0 Å². The third-order valence-electron chi connectivity index (χ3n) is 3.13. The lowest BCUT2D eigenvalue weighted by Crippen LogP contribution is -2.23. The summed E-state index contributed by atoms with van der Waals surface area (Å²) in [4.78, 5) is 31.2. The summed E-state index contributed by atoms with van der Waals surface area (Å²) in [6.07, 6.45) is 0. The highest BCUT2D eigenvalue weighted by Gasteiger charge is 2.17. The van der Waals surface area contributed by atoms with Crippen molar-refractivity contribution in [2.45, 2.75) is 24.3 Å². The molecule has 0 aliphatic rings. The van der Waals surface area contributed by atoms with Crippen molar-refractivity contribution in [1.82, 2.24) is 15.1 Å². The third-order valence-corrected chi connectivity index (χ3v) is 4.11. The van der Waals surface area contributed by atoms with Crippen molar-refractivity contribution in [2.75, 3.05) is 5.32 Å². The molecule has 2 heterocycles. The van der Waals surface area contributed by atoms with E-state index in [1.807, 2.05) is 6.07 Å². The predicted octanol–water partition coefficient (Wildman–Crippen LogP) is 2.34. The van der Waals surface area contributed by atoms with Gasteiger partial charge in [0.15, 0.2) is 11.0 Å². The van der Waals surface area contributed by atoms with Gasteiger partial charge in [0.05, 0.1) is 16.2 Å². The summed E-state index contributed by atoms with van der Waals surface area (Å²) < 4.78 is 4.90. The molecule has 2 N–H and O–H groups in total. The topological polar surface area (TPSA) is 101 Å². The molecule has 3 rings (SSSR count). The van der Waals surface area contributed by atoms with E-state index in [9.17, 15) is 9.59 Å². The molecule has 23 heavy (non-hydrogen) atoms. The Labute approximate surface area is 135 Å². The van der Waals surface area contributed by atoms with E-state index in [4.69, 9.17) is 4.52 Å². The van der Waals surface area contributed by atoms with Crippen molar-refractivity contribution in [3.8, 4) is 0 Å². The average molecular weight is 330 g/mol. The Morgan fingerprint density at radius 1 is 1.39 bits per heavy atom. The minimum Gasteiger partial charge on any atom is -0.360 e. The highest BCUT2D eigenvalue weighted by Crippen LogP contribution is 2.21. The molecule has 0 saturated carbocycles. The van der Waals surface area contributed by atoms with Gasteiger partial charge in [-0.3, -0.25) is 9.59 Å². The number of amides is 1. The van der Waals surface area contributed by atoms with Crippen molar-refractivity contribution in [2.24, 2.45) is 0 Å². The van der Waals surface area contributed by atoms with Gasteiger partial charge in [-0.1, -0.05) is 29.1 Å². The van der Waals surface area contributed by atoms with Crippen LogP contribution in [0.2, 0.25) is 0 Å². The molecule has 1 amide bonds. The van der Waals surface area contributed by atoms with E-state index in [2.05, 4.69) is 20.4 Å². The van der Waals surface area contributed by atoms with E-state index in [0.717, 1.165) is 0 Å². The number of aromatic amines is 1. The molecule has 7 nitrogen and oxygen atoms in total. The molecule has 0 saturated heterocycles. The molecule has 1 atom stereocenters. The molecule has 2 aromatic heterocycles. The van der Waals surface area contributed by atoms with E-state index < -0.39 is 5.25 Å². The number of nitrogens with one attached hydrogen (secondary N) is 2. The Balaban J connectivity index is 1.75. The molecule has 8 heteroatoms. The summed E-state index contributed by atoms with van der Waals surface area (Å²) in [5.74, 6) is 0.722. The average Bonchev–Trinajstić information content (AvgIpc) is 2.92. The summed E-state index contributed by atoms with van der Waals surface area (Å²) in [5.41, 5.74) is 0.372. The minimum atomic E-state index is -0.462. The van der Waals surface area contributed by atoms with Gasteiger partial charge in [0, 0.05) is 6.07 Å². The zero-order chi connectivity index (χ0) is 16.4. The number of H-pyrrole nitrogens is 1. The highest BCUT2D eigenvalue weighted by atomic mass is 32.2. The van der Waals surface area contributed by atoms with Gasteiger partial charge in [-0.25, -0.2) is 4.98 Å². The first-order valence-electron chi connectivity index (χ1n) is 6.93. The first-order valence-corrected chi connectivity index (χ1v) is 7.81. The maximum atomic E-state index is 12.1. The summed E-state index contributed by atoms with van der Waals surface area (Å²) in [7, 11) is 0. The molecule has 0 fully saturated rings. The summed E-state index contributed by atoms with van der Waals surface area (Å²) in [6, 6.07) is 8.69. The number of rotatable bonds is 4. The van der Waals surface area contributed by atoms with E-state index in [0.29, 0.717) is 27.6 Å². The maximum Gasteiger partial charge on any atom is 0.259 e. The number of carbonyl (C=O) groups excluding carboxylic acids is 1. The maximum absolute atomic E-state index is 12.1. The lowest BCUT2D eigenvalue weighted by molar-refractivity contribution is -0.115. The van der Waals surface area contributed by atoms with Crippen LogP contribution in [-0.2, 0) is 4.79 Å². The second-order valence-corrected chi connectivity index (χ2v) is 6.29. The fourth-order valence-electron chi connectivity index (χ4n) is 1.99. The number of thioether (sulfide) groups is 1. The predicted molar refractivity (Wildman–Crippen MR) is 87.6 cm³/mol. The molecule has 118 valence electrons. The largest absolute Gasteiger partial charge is 0.360 e. The number of benzene rings is 1. The number of hydrogen-bond acceptors (Lipinski definition) is 6. The van der Waals surface area contributed by atoms with Crippen LogP contribution >= 0.6 is 11.8 Å². The Kier molecular flexibility index (Phi) is 4.16. The SMILES string of the molecule is Cc1cc(NC(=O)[C@@H](C)Sc2nc3ccccc3c(=O)[nH]2)no1. The lowest BCUT2D eigenvalue weighted by Gasteiger charge is -2.09. The van der Waals surface area contributed by atoms with Crippen molar-refractivity contribution in [1.29, 1.82) is 0 Å². The van der Waals surface area contributed by atoms with E-state index >= 15 is 0 Å². The summed E-state index contributed by atoms with van der Waals surface area (Å²) in [6.45, 7) is 3.46. The first-order chi connectivity index (χ1) is 11.0. The number of aromatic nitrogens is 3. The quantitative estimate of drug-likeness (QED) is 0.562. The van der Waals surface area contributed by atoms with Crippen molar-refractivity contribution in [3.63, 3.8) is 0 Å². The van der Waals surface area contributed by atoms with E-state index in [1.54, 1.807) is 38.1 Å². The van der Waals surface area contributed by atoms with Gasteiger partial charge in [0.1, 0.15) is 5.76 Å². The van der Waals surface area contributed by atoms with Gasteiger partial charge in [0.25, 0.3) is 5.56 Å². The molecule has 1 aromatic carbocycles. The highest BCUT2D eigenvalue weighted by molar-refractivity contribution is 8.00. The van der Waals surface area contributed by atoms with Crippen LogP contribution < -0.4 is 10.9 Å². The van der Waals surface area contributed by atoms with Crippen LogP contribution in [0.5, 0.6) is 0 Å². The van der Waals surface area contributed by atoms with Gasteiger partial charge in [0.2, 0.25) is 5.91 Å². The van der Waals surface area contributed by atoms with E-state index in [1.165, 1.54) is 11.8 Å². The van der Waals surface area contributed by atoms with Crippen LogP contribution in [0, 0.1) is 6.92 Å². The second-order valence-electron chi connectivity index (χ2n) is 4.96. The molecule has 0 spiro atoms. The number of para-hydroxylation sites is 1. The Hall–Kier alpha value is -2.61. The Bertz CT molecular complexity index is 918. The zero-order valence-corrected chi connectivity index (χ0v) is 13.3. The van der Waals surface area contributed by atoms with Crippen LogP contribution in [0.15, 0.2) is 44.8 Å². The number of fused-ring (bicyclic) bond motifs is 1. The van der Waals surface area contributed by atoms with Crippen LogP contribution in [0.1, 0.15) is 12.7 Å². The number of anilines is 1. The Morgan fingerprint density at radius 2 is 2.17 bits per heavy atom. The van der Waals surface area contributed by atoms with Crippen molar-refractivity contribution >= 4 is 34.4 Å². The Morgan fingerprint density at radius 3 is 2.91 bits per heavy atom. The van der Waals surface area contributed by atoms with Gasteiger partial charge < -0.3 is 14.8 Å². The molecule has 0 aliphatic heterocycles. The summed E-state index contributed by atoms with van der Waals surface area (Å²) >= 11 is 1.17. The minimum absolute atomic E-state index is 0.224. The van der Waals surface area contributed by atoms with Crippen molar-refractivity contribution in [3.05, 3.63) is 46.4 Å². The second kappa shape index (κ2) is 6.25. The number of hydrogen-bond donors (Lipinski definition) is 2. The number of carbonyl (C=O) groups is 1. The van der Waals surface area contributed by atoms with Crippen molar-refractivity contribution < 1.29 is 9.32 Å². The molecule has 0 aliphatic carbocycles. The molecule has 0 radical (unpaired) electrons. The summed E-state index contributed by atoms with van der Waals surface area (Å²) in [5, 5.41) is 6.82. The molecule has 0 bridgehead atoms. The van der Waals surface area contributed by atoms with Crippen LogP contribution in [0.4, 0.5) is 5.82 Å². The first kappa shape index (κ1) is 15.3. The normalized spacial score (nSPS) is 12.3. The van der Waals surface area contributed by atoms with Gasteiger partial charge in [-0.2, -0.15) is 0 Å². The molecule has 3 aromatic rings. The molecule has 0 unspecified atom stereocenters. The van der Waals surface area contributed by atoms with Gasteiger partial charge in [-0.05, 0) is 26.0 Å². The smallest absolute Gasteiger partial charge is 0.259 e. The number of aryl methyl sites for hydroxylation is 1. The zero-order valence-electron chi connectivity index (χ0n) is 12.5. The third kappa shape index (κ3) is 3.42. The number of nitrogens with zero attached hydrogens (tertiary/aromatic N) is 2. The monoisotopic (exact) mass is 330 g/mol. The standard InChI is InChI=1S/C15H14N4O3S/c1-8-7-12(19-22-8)17-13(20)9(2)23-15-16-11-6-4-3-5-10(11)14(21)18-15/h3-7,9H,1-2H3,(H,16,18,21)(H,17,19,20)/t9-/m1/s1. The molecular formula is C15H14N4O3S. The fraction of sp³-hybridized carbons (Fsp3) is 0.200. The van der Waals surface area contributed by atoms with E-state index in [-0.39, 0.29) is 11.5 Å². The van der Waals surface area contributed by atoms with Gasteiger partial charge >= 0.3 is 0 Å².